The lowest BCUT2D eigenvalue weighted by atomic mass is 9.36. The molecule has 0 spiro atoms. The van der Waals surface area contributed by atoms with Gasteiger partial charge in [0.2, 0.25) is 6.71 Å². The van der Waals surface area contributed by atoms with Gasteiger partial charge in [-0.25, -0.2) is 4.57 Å². The summed E-state index contributed by atoms with van der Waals surface area (Å²) in [7, 11) is 2.00. The highest BCUT2D eigenvalue weighted by molar-refractivity contribution is 6.95. The van der Waals surface area contributed by atoms with E-state index in [-0.39, 0.29) is 0 Å². The lowest BCUT2D eigenvalue weighted by Crippen LogP contribution is -2.53. The Morgan fingerprint density at radius 1 is 0.633 bits per heavy atom. The largest absolute Gasteiger partial charge is 0.241 e. The van der Waals surface area contributed by atoms with Gasteiger partial charge in [-0.15, -0.1) is 0 Å². The first-order chi connectivity index (χ1) is 14.8. The Morgan fingerprint density at radius 3 is 1.63 bits per heavy atom. The minimum absolute atomic E-state index is 0.311. The van der Waals surface area contributed by atoms with Gasteiger partial charge in [0.1, 0.15) is 7.05 Å². The first-order valence-electron chi connectivity index (χ1n) is 10.9. The van der Waals surface area contributed by atoms with Crippen LogP contribution < -0.4 is 21.0 Å². The minimum Gasteiger partial charge on any atom is -0.208 e. The van der Waals surface area contributed by atoms with Crippen LogP contribution in [0.5, 0.6) is 0 Å². The number of nitrogens with zero attached hydrogens (tertiary/aromatic N) is 1. The van der Waals surface area contributed by atoms with E-state index in [0.717, 1.165) is 6.42 Å². The molecule has 0 bridgehead atoms. The van der Waals surface area contributed by atoms with Gasteiger partial charge in [0.15, 0.2) is 12.4 Å². The molecule has 0 radical (unpaired) electrons. The zero-order chi connectivity index (χ0) is 21.0. The Bertz CT molecular complexity index is 945. The van der Waals surface area contributed by atoms with E-state index in [2.05, 4.69) is 91.9 Å². The number of rotatable bonds is 6. The summed E-state index contributed by atoms with van der Waals surface area (Å²) in [4.78, 5) is 0. The predicted octanol–water partition coefficient (Wildman–Crippen LogP) is 4.06. The smallest absolute Gasteiger partial charge is 0.208 e. The molecular weight excluding hydrogens is 361 g/mol. The summed E-state index contributed by atoms with van der Waals surface area (Å²) >= 11 is 0. The Kier molecular flexibility index (Phi) is 8.47. The molecule has 3 aromatic carbocycles. The quantitative estimate of drug-likeness (QED) is 0.344. The van der Waals surface area contributed by atoms with E-state index in [1.54, 1.807) is 0 Å². The van der Waals surface area contributed by atoms with Crippen molar-refractivity contribution in [2.24, 2.45) is 7.05 Å². The van der Waals surface area contributed by atoms with Crippen LogP contribution in [-0.4, -0.2) is 6.71 Å². The van der Waals surface area contributed by atoms with Crippen molar-refractivity contribution in [3.05, 3.63) is 121 Å². The number of unbranched alkanes of at least 4 members (excludes halogenated alkanes) is 1. The fraction of sp³-hybridized carbons (Fsp3) is 0.179. The fourth-order valence-corrected chi connectivity index (χ4v) is 3.74. The molecule has 0 N–H and O–H groups in total. The molecule has 4 aromatic rings. The molecule has 1 aromatic heterocycles. The lowest BCUT2D eigenvalue weighted by molar-refractivity contribution is -0.671. The second-order valence-corrected chi connectivity index (χ2v) is 7.60. The van der Waals surface area contributed by atoms with Crippen LogP contribution in [0.4, 0.5) is 0 Å². The number of aromatic nitrogens is 1. The molecule has 0 aliphatic rings. The number of hydrogen-bond acceptors (Lipinski definition) is 0. The van der Waals surface area contributed by atoms with Crippen molar-refractivity contribution in [3.63, 3.8) is 0 Å². The molecule has 2 heteroatoms. The van der Waals surface area contributed by atoms with Crippen molar-refractivity contribution in [2.75, 3.05) is 0 Å². The molecule has 1 heterocycles. The van der Waals surface area contributed by atoms with E-state index in [4.69, 9.17) is 0 Å². The zero-order valence-electron chi connectivity index (χ0n) is 18.1. The van der Waals surface area contributed by atoms with Gasteiger partial charge in [-0.1, -0.05) is 126 Å². The molecule has 4 rings (SSSR count). The number of pyridine rings is 1. The van der Waals surface area contributed by atoms with Crippen LogP contribution in [-0.2, 0) is 13.5 Å². The van der Waals surface area contributed by atoms with E-state index in [9.17, 15) is 0 Å². The average Bonchev–Trinajstić information content (AvgIpc) is 2.81. The standard InChI is InChI=1S/C22H23B.C6H8N/c1-2-3-12-19-13-10-11-18-22(19)23(20-14-6-4-7-15-20)21-16-8-5-9-17-21;1-7-5-3-2-4-6-7/h4-11,13-18H,2-3,12H2,1H3;2-6H,1H3/q;+1. The fourth-order valence-electron chi connectivity index (χ4n) is 3.74. The topological polar surface area (TPSA) is 3.88 Å². The molecule has 0 aliphatic carbocycles. The van der Waals surface area contributed by atoms with Crippen molar-refractivity contribution in [1.29, 1.82) is 0 Å². The van der Waals surface area contributed by atoms with Crippen molar-refractivity contribution >= 4 is 23.1 Å². The van der Waals surface area contributed by atoms with Crippen LogP contribution in [0.15, 0.2) is 116 Å². The highest BCUT2D eigenvalue weighted by Crippen LogP contribution is 2.05. The first-order valence-corrected chi connectivity index (χ1v) is 10.9. The van der Waals surface area contributed by atoms with Gasteiger partial charge >= 0.3 is 0 Å². The van der Waals surface area contributed by atoms with Crippen LogP contribution in [0.2, 0.25) is 0 Å². The summed E-state index contributed by atoms with van der Waals surface area (Å²) in [6.07, 6.45) is 7.63. The van der Waals surface area contributed by atoms with Crippen molar-refractivity contribution < 1.29 is 4.57 Å². The summed E-state index contributed by atoms with van der Waals surface area (Å²) in [5.41, 5.74) is 5.65. The number of benzene rings is 3. The monoisotopic (exact) mass is 392 g/mol. The molecule has 0 aliphatic heterocycles. The Hall–Kier alpha value is -3.13. The lowest BCUT2D eigenvalue weighted by Gasteiger charge is -2.19. The average molecular weight is 392 g/mol. The van der Waals surface area contributed by atoms with E-state index in [1.165, 1.54) is 34.8 Å². The Morgan fingerprint density at radius 2 is 1.13 bits per heavy atom. The summed E-state index contributed by atoms with van der Waals surface area (Å²) in [5.74, 6) is 0. The van der Waals surface area contributed by atoms with E-state index < -0.39 is 0 Å². The maximum atomic E-state index is 2.30. The van der Waals surface area contributed by atoms with Gasteiger partial charge in [0.25, 0.3) is 0 Å². The second kappa shape index (κ2) is 11.8. The van der Waals surface area contributed by atoms with Gasteiger partial charge in [0.05, 0.1) is 0 Å². The normalized spacial score (nSPS) is 10.1. The second-order valence-electron chi connectivity index (χ2n) is 7.60. The van der Waals surface area contributed by atoms with Crippen LogP contribution in [0.25, 0.3) is 0 Å². The SMILES string of the molecule is CCCCc1ccccc1B(c1ccccc1)c1ccccc1.C[n+]1ccccc1. The Balaban J connectivity index is 0.000000310. The molecule has 0 amide bonds. The predicted molar refractivity (Wildman–Crippen MR) is 130 cm³/mol. The minimum atomic E-state index is 0.311. The van der Waals surface area contributed by atoms with Crippen molar-refractivity contribution in [2.45, 2.75) is 26.2 Å². The highest BCUT2D eigenvalue weighted by atomic mass is 14.9. The molecule has 0 saturated carbocycles. The third kappa shape index (κ3) is 6.19. The molecule has 150 valence electrons. The van der Waals surface area contributed by atoms with Gasteiger partial charge in [-0.3, -0.25) is 0 Å². The van der Waals surface area contributed by atoms with Crippen LogP contribution in [0.1, 0.15) is 25.3 Å². The summed E-state index contributed by atoms with van der Waals surface area (Å²) in [6, 6.07) is 36.7. The van der Waals surface area contributed by atoms with Crippen molar-refractivity contribution in [1.82, 2.24) is 0 Å². The third-order valence-corrected chi connectivity index (χ3v) is 5.30. The highest BCUT2D eigenvalue weighted by Gasteiger charge is 2.23. The maximum absolute atomic E-state index is 2.30. The van der Waals surface area contributed by atoms with Gasteiger partial charge < -0.3 is 0 Å². The van der Waals surface area contributed by atoms with Crippen molar-refractivity contribution in [3.8, 4) is 0 Å². The van der Waals surface area contributed by atoms with Gasteiger partial charge in [-0.05, 0) is 12.8 Å². The zero-order valence-corrected chi connectivity index (χ0v) is 18.1. The van der Waals surface area contributed by atoms with E-state index >= 15 is 0 Å². The summed E-state index contributed by atoms with van der Waals surface area (Å²) in [6.45, 7) is 2.57. The van der Waals surface area contributed by atoms with E-state index in [1.807, 2.05) is 42.2 Å². The molecule has 0 fully saturated rings. The number of aryl methyl sites for hydroxylation is 2. The summed E-state index contributed by atoms with van der Waals surface area (Å²) < 4.78 is 2.00. The molecule has 0 atom stereocenters. The van der Waals surface area contributed by atoms with Crippen LogP contribution >= 0.6 is 0 Å². The molecule has 0 unspecified atom stereocenters. The summed E-state index contributed by atoms with van der Waals surface area (Å²) in [5, 5.41) is 0. The molecular formula is C28H31BN+. The molecule has 30 heavy (non-hydrogen) atoms. The Labute approximate surface area is 182 Å². The van der Waals surface area contributed by atoms with Gasteiger partial charge in [0, 0.05) is 12.1 Å². The van der Waals surface area contributed by atoms with E-state index in [0.29, 0.717) is 6.71 Å². The molecule has 1 nitrogen and oxygen atoms in total. The third-order valence-electron chi connectivity index (χ3n) is 5.30. The van der Waals surface area contributed by atoms with Gasteiger partial charge in [-0.2, -0.15) is 0 Å². The first kappa shape index (κ1) is 21.6. The van der Waals surface area contributed by atoms with Crippen LogP contribution in [0, 0.1) is 0 Å². The maximum Gasteiger partial charge on any atom is 0.241 e. The molecule has 0 saturated heterocycles. The number of hydrogen-bond donors (Lipinski definition) is 0. The van der Waals surface area contributed by atoms with Crippen LogP contribution in [0.3, 0.4) is 0 Å².